The van der Waals surface area contributed by atoms with Crippen molar-refractivity contribution in [3.63, 3.8) is 0 Å². The third-order valence-corrected chi connectivity index (χ3v) is 3.53. The summed E-state index contributed by atoms with van der Waals surface area (Å²) < 4.78 is 6.75. The molecule has 7 nitrogen and oxygen atoms in total. The summed E-state index contributed by atoms with van der Waals surface area (Å²) in [5.41, 5.74) is 0.447. The molecule has 1 fully saturated rings. The van der Waals surface area contributed by atoms with Gasteiger partial charge in [0, 0.05) is 6.20 Å². The molecule has 2 aromatic heterocycles. The molecule has 4 atom stereocenters. The molecule has 0 spiro atoms. The van der Waals surface area contributed by atoms with E-state index in [0.29, 0.717) is 16.1 Å². The van der Waals surface area contributed by atoms with Crippen LogP contribution in [0.2, 0.25) is 5.02 Å². The Balaban J connectivity index is 2.04. The third-order valence-electron chi connectivity index (χ3n) is 3.20. The highest BCUT2D eigenvalue weighted by Gasteiger charge is 2.44. The highest BCUT2D eigenvalue weighted by molar-refractivity contribution is 6.35. The first kappa shape index (κ1) is 12.8. The van der Waals surface area contributed by atoms with Gasteiger partial charge in [0.1, 0.15) is 18.3 Å². The summed E-state index contributed by atoms with van der Waals surface area (Å²) in [5, 5.41) is 33.9. The second-order valence-corrected chi connectivity index (χ2v) is 4.76. The second kappa shape index (κ2) is 4.69. The van der Waals surface area contributed by atoms with Gasteiger partial charge in [0.05, 0.1) is 23.2 Å². The largest absolute Gasteiger partial charge is 0.394 e. The quantitative estimate of drug-likeness (QED) is 0.700. The highest BCUT2D eigenvalue weighted by atomic mass is 35.5. The number of aromatic nitrogens is 3. The number of pyridine rings is 1. The summed E-state index contributed by atoms with van der Waals surface area (Å²) in [6.45, 7) is -0.387. The van der Waals surface area contributed by atoms with Crippen molar-refractivity contribution in [2.24, 2.45) is 0 Å². The summed E-state index contributed by atoms with van der Waals surface area (Å²) in [7, 11) is 0. The van der Waals surface area contributed by atoms with E-state index < -0.39 is 24.5 Å². The van der Waals surface area contributed by atoms with Crippen LogP contribution >= 0.6 is 11.6 Å². The summed E-state index contributed by atoms with van der Waals surface area (Å²) in [4.78, 5) is 4.14. The highest BCUT2D eigenvalue weighted by Crippen LogP contribution is 2.32. The van der Waals surface area contributed by atoms with Gasteiger partial charge in [-0.25, -0.2) is 9.67 Å². The minimum absolute atomic E-state index is 0.387. The minimum atomic E-state index is -1.19. The van der Waals surface area contributed by atoms with E-state index in [1.165, 1.54) is 17.1 Å². The zero-order valence-electron chi connectivity index (χ0n) is 9.72. The second-order valence-electron chi connectivity index (χ2n) is 4.35. The summed E-state index contributed by atoms with van der Waals surface area (Å²) >= 11 is 6.01. The summed E-state index contributed by atoms with van der Waals surface area (Å²) in [6.07, 6.45) is -1.09. The lowest BCUT2D eigenvalue weighted by atomic mass is 10.1. The van der Waals surface area contributed by atoms with Gasteiger partial charge < -0.3 is 20.1 Å². The molecule has 3 heterocycles. The first-order valence-electron chi connectivity index (χ1n) is 5.73. The first-order valence-corrected chi connectivity index (χ1v) is 6.11. The van der Waals surface area contributed by atoms with Crippen molar-refractivity contribution in [3.05, 3.63) is 23.5 Å². The molecule has 19 heavy (non-hydrogen) atoms. The Morgan fingerprint density at radius 2 is 2.16 bits per heavy atom. The van der Waals surface area contributed by atoms with E-state index in [0.717, 1.165) is 0 Å². The maximum atomic E-state index is 9.95. The van der Waals surface area contributed by atoms with Crippen LogP contribution in [-0.2, 0) is 4.74 Å². The summed E-state index contributed by atoms with van der Waals surface area (Å²) in [6, 6.07) is 1.63. The predicted molar refractivity (Wildman–Crippen MR) is 65.5 cm³/mol. The molecule has 8 heteroatoms. The lowest BCUT2D eigenvalue weighted by Gasteiger charge is -2.15. The number of aliphatic hydroxyl groups excluding tert-OH is 3. The van der Waals surface area contributed by atoms with Crippen LogP contribution in [0.15, 0.2) is 18.5 Å². The number of hydrogen-bond donors (Lipinski definition) is 3. The van der Waals surface area contributed by atoms with Crippen LogP contribution in [0.4, 0.5) is 0 Å². The number of rotatable bonds is 2. The molecule has 0 aromatic carbocycles. The van der Waals surface area contributed by atoms with Gasteiger partial charge in [-0.15, -0.1) is 0 Å². The van der Waals surface area contributed by atoms with Gasteiger partial charge in [-0.2, -0.15) is 5.10 Å². The first-order chi connectivity index (χ1) is 9.13. The van der Waals surface area contributed by atoms with E-state index in [1.807, 2.05) is 0 Å². The number of fused-ring (bicyclic) bond motifs is 1. The van der Waals surface area contributed by atoms with E-state index in [4.69, 9.17) is 21.4 Å². The van der Waals surface area contributed by atoms with Crippen molar-refractivity contribution in [3.8, 4) is 0 Å². The van der Waals surface area contributed by atoms with Gasteiger partial charge in [0.15, 0.2) is 11.9 Å². The SMILES string of the molecule is OC[C@H]1O[C@@H](n2ncc3c(Cl)ccnc32)[C@@H](O)[C@@H]1O. The Bertz CT molecular complexity index is 605. The molecule has 2 aromatic rings. The zero-order valence-corrected chi connectivity index (χ0v) is 10.5. The molecule has 1 aliphatic heterocycles. The molecular formula is C11H12ClN3O4. The van der Waals surface area contributed by atoms with Gasteiger partial charge in [0.2, 0.25) is 0 Å². The Morgan fingerprint density at radius 1 is 1.37 bits per heavy atom. The van der Waals surface area contributed by atoms with Crippen molar-refractivity contribution in [2.75, 3.05) is 6.61 Å². The molecule has 0 amide bonds. The Labute approximate surface area is 113 Å². The molecule has 102 valence electrons. The number of nitrogens with zero attached hydrogens (tertiary/aromatic N) is 3. The maximum Gasteiger partial charge on any atom is 0.181 e. The van der Waals surface area contributed by atoms with Gasteiger partial charge in [-0.1, -0.05) is 11.6 Å². The van der Waals surface area contributed by atoms with E-state index in [-0.39, 0.29) is 6.61 Å². The van der Waals surface area contributed by atoms with Crippen LogP contribution in [-0.4, -0.2) is 55.0 Å². The maximum absolute atomic E-state index is 9.95. The van der Waals surface area contributed by atoms with Crippen LogP contribution in [0.1, 0.15) is 6.23 Å². The third kappa shape index (κ3) is 1.90. The fourth-order valence-electron chi connectivity index (χ4n) is 2.18. The molecular weight excluding hydrogens is 274 g/mol. The van der Waals surface area contributed by atoms with Crippen LogP contribution in [0.3, 0.4) is 0 Å². The molecule has 1 aliphatic rings. The average Bonchev–Trinajstić information content (AvgIpc) is 2.94. The molecule has 0 radical (unpaired) electrons. The number of hydrogen-bond acceptors (Lipinski definition) is 6. The van der Waals surface area contributed by atoms with Gasteiger partial charge in [0.25, 0.3) is 0 Å². The van der Waals surface area contributed by atoms with Crippen LogP contribution in [0.25, 0.3) is 11.0 Å². The van der Waals surface area contributed by atoms with Crippen molar-refractivity contribution >= 4 is 22.6 Å². The smallest absolute Gasteiger partial charge is 0.181 e. The van der Waals surface area contributed by atoms with E-state index in [2.05, 4.69) is 10.1 Å². The fraction of sp³-hybridized carbons (Fsp3) is 0.455. The monoisotopic (exact) mass is 285 g/mol. The van der Waals surface area contributed by atoms with E-state index >= 15 is 0 Å². The Morgan fingerprint density at radius 3 is 2.84 bits per heavy atom. The van der Waals surface area contributed by atoms with Crippen molar-refractivity contribution in [2.45, 2.75) is 24.5 Å². The number of aliphatic hydroxyl groups is 3. The Kier molecular flexibility index (Phi) is 3.15. The van der Waals surface area contributed by atoms with Crippen molar-refractivity contribution in [1.29, 1.82) is 0 Å². The van der Waals surface area contributed by atoms with Crippen molar-refractivity contribution in [1.82, 2.24) is 14.8 Å². The molecule has 0 aliphatic carbocycles. The Hall–Kier alpha value is -1.25. The topological polar surface area (TPSA) is 101 Å². The minimum Gasteiger partial charge on any atom is -0.394 e. The fourth-order valence-corrected chi connectivity index (χ4v) is 2.37. The number of halogens is 1. The molecule has 0 unspecified atom stereocenters. The molecule has 3 rings (SSSR count). The van der Waals surface area contributed by atoms with Crippen LogP contribution in [0.5, 0.6) is 0 Å². The van der Waals surface area contributed by atoms with E-state index in [1.54, 1.807) is 6.07 Å². The van der Waals surface area contributed by atoms with Crippen LogP contribution in [0, 0.1) is 0 Å². The molecule has 3 N–H and O–H groups in total. The summed E-state index contributed by atoms with van der Waals surface area (Å²) in [5.74, 6) is 0. The average molecular weight is 286 g/mol. The van der Waals surface area contributed by atoms with Gasteiger partial charge in [-0.05, 0) is 6.07 Å². The standard InChI is InChI=1S/C11H12ClN3O4/c12-6-1-2-13-10-5(6)3-14-15(10)11-9(18)8(17)7(4-16)19-11/h1-3,7-9,11,16-18H,4H2/t7-,8-,9+,11-/m1/s1. The van der Waals surface area contributed by atoms with Crippen LogP contribution < -0.4 is 0 Å². The predicted octanol–water partition coefficient (Wildman–Crippen LogP) is -0.304. The van der Waals surface area contributed by atoms with Gasteiger partial charge in [-0.3, -0.25) is 0 Å². The zero-order chi connectivity index (χ0) is 13.6. The normalized spacial score (nSPS) is 31.2. The molecule has 0 bridgehead atoms. The van der Waals surface area contributed by atoms with Crippen molar-refractivity contribution < 1.29 is 20.1 Å². The lowest BCUT2D eigenvalue weighted by molar-refractivity contribution is -0.0566. The number of ether oxygens (including phenoxy) is 1. The van der Waals surface area contributed by atoms with Gasteiger partial charge >= 0.3 is 0 Å². The van der Waals surface area contributed by atoms with E-state index in [9.17, 15) is 10.2 Å². The molecule has 0 saturated carbocycles. The molecule has 1 saturated heterocycles. The lowest BCUT2D eigenvalue weighted by Crippen LogP contribution is -2.33.